The maximum absolute atomic E-state index is 15.2. The summed E-state index contributed by atoms with van der Waals surface area (Å²) in [5, 5.41) is 50.6. The smallest absolute Gasteiger partial charge is 0.326 e. The Balaban J connectivity index is 0.975. The van der Waals surface area contributed by atoms with Gasteiger partial charge in [-0.3, -0.25) is 43.2 Å². The van der Waals surface area contributed by atoms with E-state index in [0.29, 0.717) is 54.1 Å². The largest absolute Gasteiger partial charge is 0.490 e. The third-order valence-electron chi connectivity index (χ3n) is 20.4. The molecule has 6 aromatic rings. The lowest BCUT2D eigenvalue weighted by molar-refractivity contribution is -0.145. The van der Waals surface area contributed by atoms with E-state index in [-0.39, 0.29) is 76.3 Å². The molecule has 27 heteroatoms. The highest BCUT2D eigenvalue weighted by atomic mass is 16.5. The molecule has 0 aliphatic carbocycles. The molecule has 8 bridgehead atoms. The summed E-state index contributed by atoms with van der Waals surface area (Å²) in [6, 6.07) is 25.5. The standard InChI is InChI=1S/C80H97N11O16/c1-46(81-6)69(92)88-67(54-30-34-105-35-31-54)76(99)91-45-60-43-66(91)75(98)85-62(41-51-21-25-53-15-9-11-17-57(53)37-51)73(96)86-63(78(101)102)38-48-18-26-55(27-19-48)71(94)83-58-42-65(90(44-58)77(100)68(80(3,4)5)89-70(93)47(2)82-7)74(97)84-61(40-50-20-24-52-14-8-10-16-56(52)36-50)72(95)87-64(79(103)104)39-49-22-28-59(29-23-49)106-32-12-13-33-107-60/h8-29,36-37,46-47,54,58,60-68,81-82H,30-35,38-45H2,1-7H3,(H,83,94)(H,84,97)(H,85,98)(H,86,96)(H,87,95)(H,88,92)(H,89,93)(H,101,102)(H,103,104)/b13-12+/t46-,47-,58-,60-,61-,62-,63-,64-,65-,66-,67-,68+/m0/s1. The summed E-state index contributed by atoms with van der Waals surface area (Å²) in [6.07, 6.45) is 2.62. The Kier molecular flexibility index (Phi) is 26.7. The fourth-order valence-electron chi connectivity index (χ4n) is 13.9. The first-order valence-corrected chi connectivity index (χ1v) is 36.4. The van der Waals surface area contributed by atoms with Crippen LogP contribution in [0.2, 0.25) is 0 Å². The number of nitrogens with zero attached hydrogens (tertiary/aromatic N) is 2. The Hall–Kier alpha value is -10.6. The third kappa shape index (κ3) is 20.7. The van der Waals surface area contributed by atoms with Crippen molar-refractivity contribution in [2.75, 3.05) is 53.6 Å². The summed E-state index contributed by atoms with van der Waals surface area (Å²) in [6.45, 7) is 8.93. The van der Waals surface area contributed by atoms with Crippen molar-refractivity contribution in [2.24, 2.45) is 11.3 Å². The number of carbonyl (C=O) groups excluding carboxylic acids is 9. The second-order valence-electron chi connectivity index (χ2n) is 29.1. The zero-order valence-corrected chi connectivity index (χ0v) is 61.3. The third-order valence-corrected chi connectivity index (χ3v) is 20.4. The van der Waals surface area contributed by atoms with Crippen LogP contribution in [-0.4, -0.2) is 211 Å². The first-order chi connectivity index (χ1) is 51.2. The van der Waals surface area contributed by atoms with Crippen molar-refractivity contribution in [3.63, 3.8) is 0 Å². The van der Waals surface area contributed by atoms with Crippen LogP contribution in [0.5, 0.6) is 5.75 Å². The monoisotopic (exact) mass is 1470 g/mol. The number of rotatable bonds is 15. The predicted octanol–water partition coefficient (Wildman–Crippen LogP) is 3.66. The van der Waals surface area contributed by atoms with Gasteiger partial charge in [0.2, 0.25) is 47.3 Å². The van der Waals surface area contributed by atoms with E-state index in [1.807, 2.05) is 72.8 Å². The zero-order valence-electron chi connectivity index (χ0n) is 61.3. The second kappa shape index (κ2) is 36.1. The fraction of sp³-hybridized carbons (Fsp3) is 0.438. The van der Waals surface area contributed by atoms with Gasteiger partial charge in [0.25, 0.3) is 5.91 Å². The van der Waals surface area contributed by atoms with Crippen molar-refractivity contribution >= 4 is 86.6 Å². The summed E-state index contributed by atoms with van der Waals surface area (Å²) < 4.78 is 18.0. The van der Waals surface area contributed by atoms with Crippen LogP contribution in [0.1, 0.15) is 92.9 Å². The molecule has 0 saturated carbocycles. The minimum atomic E-state index is -1.59. The zero-order chi connectivity index (χ0) is 76.6. The molecular weight excluding hydrogens is 1370 g/mol. The predicted molar refractivity (Wildman–Crippen MR) is 398 cm³/mol. The molecule has 9 amide bonds. The van der Waals surface area contributed by atoms with Crippen LogP contribution >= 0.6 is 0 Å². The summed E-state index contributed by atoms with van der Waals surface area (Å²) in [7, 11) is 3.21. The Bertz CT molecular complexity index is 4260. The van der Waals surface area contributed by atoms with Crippen LogP contribution < -0.4 is 52.6 Å². The number of fused-ring (bicyclic) bond motifs is 2. The number of likely N-dealkylation sites (N-methyl/N-ethyl adjacent to an activating group) is 2. The molecule has 0 spiro atoms. The number of hydrogen-bond acceptors (Lipinski definition) is 16. The van der Waals surface area contributed by atoms with Gasteiger partial charge >= 0.3 is 11.9 Å². The van der Waals surface area contributed by atoms with Crippen molar-refractivity contribution in [3.8, 4) is 5.75 Å². The SMILES string of the molecule is CN[C@@H](C)C(=O)N[C@H](C(=O)N1C[C@@H]2C[C@H]1C(=O)N[C@@H](Cc1ccc3ccccc3c1)C(=O)N[C@H](C(=O)O)Cc1ccc(cc1)C(=O)N[C@H]1C[C@@H](C(=O)N[C@@H](Cc3ccc4ccccc4c3)C(=O)N[C@H](C(=O)O)Cc3ccc(cc3)OC/C=C/CO2)N(C(=O)[C@@H](NC(=O)[C@H](C)NC)C(C)(C)C)C1)C1CCOCC1. The van der Waals surface area contributed by atoms with Crippen LogP contribution in [0.3, 0.4) is 0 Å². The Labute approximate surface area is 621 Å². The quantitative estimate of drug-likeness (QED) is 0.0653. The molecule has 6 aromatic carbocycles. The molecule has 568 valence electrons. The van der Waals surface area contributed by atoms with Crippen molar-refractivity contribution in [3.05, 3.63) is 173 Å². The van der Waals surface area contributed by atoms with Gasteiger partial charge < -0.3 is 82.1 Å². The first-order valence-electron chi connectivity index (χ1n) is 36.4. The van der Waals surface area contributed by atoms with Gasteiger partial charge in [-0.1, -0.05) is 136 Å². The highest BCUT2D eigenvalue weighted by Crippen LogP contribution is 2.30. The lowest BCUT2D eigenvalue weighted by Gasteiger charge is -2.36. The maximum Gasteiger partial charge on any atom is 0.326 e. The molecule has 7 aliphatic heterocycles. The van der Waals surface area contributed by atoms with E-state index in [1.165, 1.54) is 34.1 Å². The van der Waals surface area contributed by atoms with Crippen LogP contribution in [0.15, 0.2) is 146 Å². The van der Waals surface area contributed by atoms with E-state index in [4.69, 9.17) is 14.2 Å². The molecule has 107 heavy (non-hydrogen) atoms. The van der Waals surface area contributed by atoms with Crippen LogP contribution in [-0.2, 0) is 83.1 Å². The number of benzene rings is 6. The molecule has 0 aromatic heterocycles. The second-order valence-corrected chi connectivity index (χ2v) is 29.1. The average Bonchev–Trinajstić information content (AvgIpc) is 1.69. The van der Waals surface area contributed by atoms with Crippen molar-refractivity contribution < 1.29 is 77.2 Å². The molecule has 3 fully saturated rings. The summed E-state index contributed by atoms with van der Waals surface area (Å²) in [5.41, 5.74) is 1.29. The van der Waals surface area contributed by atoms with Gasteiger partial charge in [-0.05, 0) is 133 Å². The van der Waals surface area contributed by atoms with E-state index in [9.17, 15) is 43.8 Å². The van der Waals surface area contributed by atoms with Gasteiger partial charge in [0.05, 0.1) is 24.8 Å². The highest BCUT2D eigenvalue weighted by Gasteiger charge is 2.48. The number of amides is 9. The maximum atomic E-state index is 15.2. The van der Waals surface area contributed by atoms with E-state index < -0.39 is 143 Å². The molecule has 11 N–H and O–H groups in total. The highest BCUT2D eigenvalue weighted by molar-refractivity contribution is 5.99. The van der Waals surface area contributed by atoms with E-state index >= 15 is 19.2 Å². The number of carboxylic acids is 2. The summed E-state index contributed by atoms with van der Waals surface area (Å²) in [5.74, 6) is -8.74. The minimum absolute atomic E-state index is 0.00649. The number of hydrogen-bond donors (Lipinski definition) is 11. The topological polar surface area (TPSA) is 371 Å². The van der Waals surface area contributed by atoms with Gasteiger partial charge in [0.1, 0.15) is 60.7 Å². The van der Waals surface area contributed by atoms with Gasteiger partial charge in [-0.2, -0.15) is 0 Å². The molecule has 0 unspecified atom stereocenters. The average molecular weight is 1470 g/mol. The van der Waals surface area contributed by atoms with Crippen LogP contribution in [0, 0.1) is 11.3 Å². The van der Waals surface area contributed by atoms with Crippen LogP contribution in [0.4, 0.5) is 0 Å². The van der Waals surface area contributed by atoms with E-state index in [0.717, 1.165) is 21.5 Å². The lowest BCUT2D eigenvalue weighted by Crippen LogP contribution is -2.61. The van der Waals surface area contributed by atoms with Gasteiger partial charge in [-0.15, -0.1) is 0 Å². The van der Waals surface area contributed by atoms with Gasteiger partial charge in [0, 0.05) is 70.0 Å². The molecule has 0 radical (unpaired) electrons. The summed E-state index contributed by atoms with van der Waals surface area (Å²) >= 11 is 0. The normalized spacial score (nSPS) is 23.4. The number of aliphatic carboxylic acids is 2. The number of carboxylic acid groups (broad SMARTS) is 2. The Morgan fingerprint density at radius 1 is 0.551 bits per heavy atom. The Morgan fingerprint density at radius 3 is 1.55 bits per heavy atom. The number of carbonyl (C=O) groups is 11. The molecular formula is C80H97N11O16. The molecule has 27 nitrogen and oxygen atoms in total. The van der Waals surface area contributed by atoms with Crippen molar-refractivity contribution in [2.45, 2.75) is 159 Å². The van der Waals surface area contributed by atoms with Crippen LogP contribution in [0.25, 0.3) is 21.5 Å². The van der Waals surface area contributed by atoms with Gasteiger partial charge in [0.15, 0.2) is 0 Å². The molecule has 13 rings (SSSR count). The van der Waals surface area contributed by atoms with E-state index in [1.54, 1.807) is 97.3 Å². The molecule has 7 heterocycles. The molecule has 3 saturated heterocycles. The first kappa shape index (κ1) is 79.0. The number of ether oxygens (including phenoxy) is 3. The molecule has 7 aliphatic rings. The minimum Gasteiger partial charge on any atom is -0.490 e. The lowest BCUT2D eigenvalue weighted by atomic mass is 9.85. The van der Waals surface area contributed by atoms with Crippen molar-refractivity contribution in [1.29, 1.82) is 0 Å². The summed E-state index contributed by atoms with van der Waals surface area (Å²) in [4.78, 5) is 161. The van der Waals surface area contributed by atoms with Gasteiger partial charge in [-0.25, -0.2) is 9.59 Å². The van der Waals surface area contributed by atoms with Crippen molar-refractivity contribution in [1.82, 2.24) is 57.7 Å². The number of nitrogens with one attached hydrogen (secondary N) is 9. The molecule has 12 atom stereocenters. The fourth-order valence-corrected chi connectivity index (χ4v) is 13.9. The number of likely N-dealkylation sites (tertiary alicyclic amines) is 2. The van der Waals surface area contributed by atoms with E-state index in [2.05, 4.69) is 47.9 Å². The Morgan fingerprint density at radius 2 is 1.04 bits per heavy atom.